The van der Waals surface area contributed by atoms with Gasteiger partial charge in [-0.1, -0.05) is 12.1 Å². The Labute approximate surface area is 109 Å². The monoisotopic (exact) mass is 255 g/mol. The van der Waals surface area contributed by atoms with Crippen LogP contribution in [0.15, 0.2) is 42.9 Å². The number of aliphatic hydroxyl groups is 1. The van der Waals surface area contributed by atoms with Crippen LogP contribution in [0, 0.1) is 0 Å². The lowest BCUT2D eigenvalue weighted by molar-refractivity contribution is 0.311. The Morgan fingerprint density at radius 3 is 2.95 bits per heavy atom. The van der Waals surface area contributed by atoms with E-state index in [2.05, 4.69) is 20.3 Å². The second-order valence-electron chi connectivity index (χ2n) is 3.99. The van der Waals surface area contributed by atoms with Gasteiger partial charge < -0.3 is 10.4 Å². The summed E-state index contributed by atoms with van der Waals surface area (Å²) >= 11 is 0. The number of aliphatic hydroxyl groups excluding tert-OH is 1. The van der Waals surface area contributed by atoms with Gasteiger partial charge in [0, 0.05) is 12.7 Å². The molecule has 96 valence electrons. The highest BCUT2D eigenvalue weighted by Crippen LogP contribution is 2.16. The van der Waals surface area contributed by atoms with Gasteiger partial charge in [-0.05, 0) is 18.2 Å². The van der Waals surface area contributed by atoms with E-state index in [-0.39, 0.29) is 6.61 Å². The third-order valence-electron chi connectivity index (χ3n) is 2.74. The molecule has 3 rings (SSSR count). The second-order valence-corrected chi connectivity index (χ2v) is 3.99. The summed E-state index contributed by atoms with van der Waals surface area (Å²) in [5.41, 5.74) is 1.92. The first-order chi connectivity index (χ1) is 9.38. The summed E-state index contributed by atoms with van der Waals surface area (Å²) in [5, 5.41) is 11.7. The number of fused-ring (bicyclic) bond motifs is 1. The molecule has 0 fully saturated rings. The first-order valence-corrected chi connectivity index (χ1v) is 5.99. The van der Waals surface area contributed by atoms with E-state index in [1.54, 1.807) is 12.5 Å². The number of nitrogens with zero attached hydrogens (tertiary/aromatic N) is 4. The van der Waals surface area contributed by atoms with Crippen LogP contribution in [0.5, 0.6) is 0 Å². The maximum absolute atomic E-state index is 8.79. The molecule has 0 radical (unpaired) electrons. The third-order valence-corrected chi connectivity index (χ3v) is 2.74. The predicted octanol–water partition coefficient (Wildman–Crippen LogP) is 1.22. The molecular formula is C13H13N5O. The molecule has 0 saturated heterocycles. The molecule has 2 heterocycles. The standard InChI is InChI=1S/C13H13N5O/c19-8-7-15-13-14-6-5-12(17-13)18-9-16-10-3-1-2-4-11(10)18/h1-6,9,19H,7-8H2,(H,14,15,17). The fourth-order valence-electron chi connectivity index (χ4n) is 1.88. The van der Waals surface area contributed by atoms with Crippen molar-refractivity contribution in [2.24, 2.45) is 0 Å². The van der Waals surface area contributed by atoms with Gasteiger partial charge in [-0.3, -0.25) is 4.57 Å². The highest BCUT2D eigenvalue weighted by atomic mass is 16.3. The van der Waals surface area contributed by atoms with Crippen molar-refractivity contribution in [2.45, 2.75) is 0 Å². The Morgan fingerprint density at radius 2 is 2.05 bits per heavy atom. The number of benzene rings is 1. The number of imidazole rings is 1. The molecule has 6 nitrogen and oxygen atoms in total. The first kappa shape index (κ1) is 11.6. The van der Waals surface area contributed by atoms with Crippen LogP contribution in [0.25, 0.3) is 16.9 Å². The zero-order chi connectivity index (χ0) is 13.1. The SMILES string of the molecule is OCCNc1nccc(-n2cnc3ccccc32)n1. The van der Waals surface area contributed by atoms with Gasteiger partial charge in [0.15, 0.2) is 0 Å². The van der Waals surface area contributed by atoms with Gasteiger partial charge >= 0.3 is 0 Å². The van der Waals surface area contributed by atoms with E-state index in [0.29, 0.717) is 12.5 Å². The summed E-state index contributed by atoms with van der Waals surface area (Å²) in [6.45, 7) is 0.468. The predicted molar refractivity (Wildman–Crippen MR) is 72.2 cm³/mol. The van der Waals surface area contributed by atoms with Crippen molar-refractivity contribution in [2.75, 3.05) is 18.5 Å². The average Bonchev–Trinajstić information content (AvgIpc) is 2.89. The van der Waals surface area contributed by atoms with E-state index in [4.69, 9.17) is 5.11 Å². The number of nitrogens with one attached hydrogen (secondary N) is 1. The number of hydrogen-bond acceptors (Lipinski definition) is 5. The van der Waals surface area contributed by atoms with Crippen LogP contribution in [-0.4, -0.2) is 37.8 Å². The van der Waals surface area contributed by atoms with E-state index in [0.717, 1.165) is 16.9 Å². The molecule has 0 amide bonds. The Bertz CT molecular complexity index is 694. The third kappa shape index (κ3) is 2.25. The summed E-state index contributed by atoms with van der Waals surface area (Å²) in [7, 11) is 0. The number of para-hydroxylation sites is 2. The minimum absolute atomic E-state index is 0.0432. The van der Waals surface area contributed by atoms with Crippen molar-refractivity contribution in [1.29, 1.82) is 0 Å². The summed E-state index contributed by atoms with van der Waals surface area (Å²) in [5.74, 6) is 1.23. The van der Waals surface area contributed by atoms with Crippen molar-refractivity contribution < 1.29 is 5.11 Å². The number of anilines is 1. The smallest absolute Gasteiger partial charge is 0.224 e. The second kappa shape index (κ2) is 5.03. The zero-order valence-electron chi connectivity index (χ0n) is 10.2. The molecule has 0 saturated carbocycles. The van der Waals surface area contributed by atoms with E-state index in [1.807, 2.05) is 34.9 Å². The van der Waals surface area contributed by atoms with Gasteiger partial charge in [-0.25, -0.2) is 9.97 Å². The van der Waals surface area contributed by atoms with Crippen LogP contribution >= 0.6 is 0 Å². The molecule has 1 aromatic carbocycles. The van der Waals surface area contributed by atoms with Crippen molar-refractivity contribution >= 4 is 17.0 Å². The van der Waals surface area contributed by atoms with E-state index in [9.17, 15) is 0 Å². The van der Waals surface area contributed by atoms with Gasteiger partial charge in [0.2, 0.25) is 5.95 Å². The van der Waals surface area contributed by atoms with Gasteiger partial charge in [0.1, 0.15) is 12.1 Å². The van der Waals surface area contributed by atoms with Crippen molar-refractivity contribution in [3.63, 3.8) is 0 Å². The summed E-state index contributed by atoms with van der Waals surface area (Å²) in [6, 6.07) is 9.68. The Morgan fingerprint density at radius 1 is 1.16 bits per heavy atom. The molecule has 2 aromatic heterocycles. The highest BCUT2D eigenvalue weighted by Gasteiger charge is 2.05. The van der Waals surface area contributed by atoms with E-state index in [1.165, 1.54) is 0 Å². The molecule has 0 bridgehead atoms. The van der Waals surface area contributed by atoms with Crippen LogP contribution in [0.4, 0.5) is 5.95 Å². The van der Waals surface area contributed by atoms with Gasteiger partial charge in [-0.15, -0.1) is 0 Å². The maximum Gasteiger partial charge on any atom is 0.224 e. The number of rotatable bonds is 4. The number of aromatic nitrogens is 4. The molecule has 0 spiro atoms. The summed E-state index contributed by atoms with van der Waals surface area (Å²) in [4.78, 5) is 12.8. The molecule has 0 aliphatic rings. The molecule has 0 aliphatic heterocycles. The van der Waals surface area contributed by atoms with Gasteiger partial charge in [-0.2, -0.15) is 4.98 Å². The molecule has 0 aliphatic carbocycles. The van der Waals surface area contributed by atoms with E-state index >= 15 is 0 Å². The van der Waals surface area contributed by atoms with Gasteiger partial charge in [0.05, 0.1) is 17.6 Å². The van der Waals surface area contributed by atoms with Crippen LogP contribution in [0.2, 0.25) is 0 Å². The minimum Gasteiger partial charge on any atom is -0.395 e. The van der Waals surface area contributed by atoms with Crippen LogP contribution in [-0.2, 0) is 0 Å². The van der Waals surface area contributed by atoms with Crippen LogP contribution < -0.4 is 5.32 Å². The lowest BCUT2D eigenvalue weighted by Crippen LogP contribution is -2.09. The summed E-state index contributed by atoms with van der Waals surface area (Å²) in [6.07, 6.45) is 3.42. The lowest BCUT2D eigenvalue weighted by atomic mass is 10.3. The van der Waals surface area contributed by atoms with Crippen molar-refractivity contribution in [3.05, 3.63) is 42.9 Å². The Hall–Kier alpha value is -2.47. The van der Waals surface area contributed by atoms with Crippen molar-refractivity contribution in [3.8, 4) is 5.82 Å². The molecule has 3 aromatic rings. The van der Waals surface area contributed by atoms with E-state index < -0.39 is 0 Å². The molecule has 6 heteroatoms. The average molecular weight is 255 g/mol. The fourth-order valence-corrected chi connectivity index (χ4v) is 1.88. The molecule has 2 N–H and O–H groups in total. The van der Waals surface area contributed by atoms with Crippen molar-refractivity contribution in [1.82, 2.24) is 19.5 Å². The van der Waals surface area contributed by atoms with Crippen LogP contribution in [0.1, 0.15) is 0 Å². The van der Waals surface area contributed by atoms with Crippen LogP contribution in [0.3, 0.4) is 0 Å². The normalized spacial score (nSPS) is 10.8. The molecular weight excluding hydrogens is 242 g/mol. The number of hydrogen-bond donors (Lipinski definition) is 2. The molecule has 0 unspecified atom stereocenters. The quantitative estimate of drug-likeness (QED) is 0.733. The fraction of sp³-hybridized carbons (Fsp3) is 0.154. The largest absolute Gasteiger partial charge is 0.395 e. The highest BCUT2D eigenvalue weighted by molar-refractivity contribution is 5.76. The minimum atomic E-state index is 0.0432. The molecule has 19 heavy (non-hydrogen) atoms. The maximum atomic E-state index is 8.79. The van der Waals surface area contributed by atoms with Gasteiger partial charge in [0.25, 0.3) is 0 Å². The first-order valence-electron chi connectivity index (χ1n) is 5.99. The Kier molecular flexibility index (Phi) is 3.07. The Balaban J connectivity index is 2.01. The zero-order valence-corrected chi connectivity index (χ0v) is 10.2. The molecule has 0 atom stereocenters. The summed E-state index contributed by atoms with van der Waals surface area (Å²) < 4.78 is 1.90. The topological polar surface area (TPSA) is 75.9 Å². The lowest BCUT2D eigenvalue weighted by Gasteiger charge is -2.06.